The molecule has 0 saturated carbocycles. The predicted molar refractivity (Wildman–Crippen MR) is 158 cm³/mol. The maximum absolute atomic E-state index is 13.2. The first kappa shape index (κ1) is 26.0. The quantitative estimate of drug-likeness (QED) is 0.175. The van der Waals surface area contributed by atoms with Crippen LogP contribution in [-0.2, 0) is 11.4 Å². The number of nitriles is 1. The van der Waals surface area contributed by atoms with Gasteiger partial charge in [-0.15, -0.1) is 0 Å². The smallest absolute Gasteiger partial charge is 0.270 e. The van der Waals surface area contributed by atoms with Gasteiger partial charge in [-0.1, -0.05) is 42.2 Å². The molecule has 6 nitrogen and oxygen atoms in total. The maximum Gasteiger partial charge on any atom is 0.270 e. The molecule has 9 heteroatoms. The van der Waals surface area contributed by atoms with Crippen LogP contribution in [-0.4, -0.2) is 31.4 Å². The zero-order valence-electron chi connectivity index (χ0n) is 19.8. The Morgan fingerprint density at radius 1 is 1.17 bits per heavy atom. The Bertz CT molecular complexity index is 1400. The molecule has 0 N–H and O–H groups in total. The van der Waals surface area contributed by atoms with Crippen molar-refractivity contribution in [3.8, 4) is 17.6 Å². The van der Waals surface area contributed by atoms with Crippen LogP contribution in [0.5, 0.6) is 11.5 Å². The van der Waals surface area contributed by atoms with E-state index in [1.807, 2.05) is 79.7 Å². The number of hydrogen-bond donors (Lipinski definition) is 0. The van der Waals surface area contributed by atoms with Crippen LogP contribution >= 0.6 is 46.6 Å². The lowest BCUT2D eigenvalue weighted by Gasteiger charge is -2.17. The Hall–Kier alpha value is -3.07. The van der Waals surface area contributed by atoms with Crippen molar-refractivity contribution in [1.82, 2.24) is 0 Å². The number of thioether (sulfide) groups is 1. The van der Waals surface area contributed by atoms with Crippen molar-refractivity contribution in [1.29, 1.82) is 5.26 Å². The van der Waals surface area contributed by atoms with E-state index >= 15 is 0 Å². The summed E-state index contributed by atoms with van der Waals surface area (Å²) in [4.78, 5) is 17.3. The number of carbonyl (C=O) groups is 1. The number of benzene rings is 3. The normalized spacial score (nSPS) is 14.2. The monoisotopic (exact) mass is 627 g/mol. The summed E-state index contributed by atoms with van der Waals surface area (Å²) >= 11 is 8.97. The first-order chi connectivity index (χ1) is 17.3. The van der Waals surface area contributed by atoms with Crippen LogP contribution in [0, 0.1) is 14.9 Å². The molecule has 1 fully saturated rings. The molecule has 0 atom stereocenters. The van der Waals surface area contributed by atoms with Crippen LogP contribution in [0.1, 0.15) is 16.7 Å². The van der Waals surface area contributed by atoms with E-state index in [0.29, 0.717) is 26.3 Å². The van der Waals surface area contributed by atoms with E-state index in [0.717, 1.165) is 26.1 Å². The van der Waals surface area contributed by atoms with E-state index in [9.17, 15) is 10.1 Å². The molecule has 1 saturated heterocycles. The molecule has 1 amide bonds. The summed E-state index contributed by atoms with van der Waals surface area (Å²) in [7, 11) is 5.51. The van der Waals surface area contributed by atoms with Gasteiger partial charge in [0.25, 0.3) is 5.91 Å². The molecule has 0 aliphatic carbocycles. The number of thiocarbonyl (C=S) groups is 1. The fraction of sp³-hybridized carbons (Fsp3) is 0.148. The lowest BCUT2D eigenvalue weighted by atomic mass is 10.1. The van der Waals surface area contributed by atoms with Gasteiger partial charge >= 0.3 is 0 Å². The highest BCUT2D eigenvalue weighted by molar-refractivity contribution is 14.1. The molecule has 3 aromatic rings. The van der Waals surface area contributed by atoms with Gasteiger partial charge in [0, 0.05) is 25.3 Å². The first-order valence-corrected chi connectivity index (χ1v) is 13.2. The van der Waals surface area contributed by atoms with Gasteiger partial charge in [-0.25, -0.2) is 0 Å². The van der Waals surface area contributed by atoms with E-state index in [1.165, 1.54) is 11.8 Å². The standard InChI is InChI=1S/C27H22IN3O3S2/c1-30(2)20-8-10-21(11-9-20)31-26(32)24(36-27(31)35)14-17-12-22(28)25(23(13-17)33-3)34-16-19-7-5-4-6-18(19)15-29/h4-14H,16H2,1-3H3/b24-14+. The Kier molecular flexibility index (Phi) is 8.18. The van der Waals surface area contributed by atoms with E-state index in [2.05, 4.69) is 28.7 Å². The number of ether oxygens (including phenoxy) is 2. The van der Waals surface area contributed by atoms with Gasteiger partial charge in [-0.2, -0.15) is 5.26 Å². The second-order valence-corrected chi connectivity index (χ2v) is 10.9. The third-order valence-corrected chi connectivity index (χ3v) is 7.58. The van der Waals surface area contributed by atoms with Crippen LogP contribution < -0.4 is 19.3 Å². The van der Waals surface area contributed by atoms with Crippen LogP contribution in [0.2, 0.25) is 0 Å². The average molecular weight is 628 g/mol. The van der Waals surface area contributed by atoms with Crippen molar-refractivity contribution in [2.75, 3.05) is 31.0 Å². The molecular weight excluding hydrogens is 605 g/mol. The number of rotatable bonds is 7. The highest BCUT2D eigenvalue weighted by Gasteiger charge is 2.33. The topological polar surface area (TPSA) is 65.8 Å². The molecule has 1 aliphatic heterocycles. The molecule has 182 valence electrons. The molecule has 0 aromatic heterocycles. The predicted octanol–water partition coefficient (Wildman–Crippen LogP) is 6.22. The second kappa shape index (κ2) is 11.3. The number of methoxy groups -OCH3 is 1. The van der Waals surface area contributed by atoms with Crippen molar-refractivity contribution in [3.05, 3.63) is 85.8 Å². The molecular formula is C27H22IN3O3S2. The van der Waals surface area contributed by atoms with E-state index < -0.39 is 0 Å². The molecule has 0 spiro atoms. The molecule has 1 heterocycles. The van der Waals surface area contributed by atoms with Gasteiger partial charge in [0.1, 0.15) is 6.61 Å². The Balaban J connectivity index is 1.57. The average Bonchev–Trinajstić information content (AvgIpc) is 3.15. The summed E-state index contributed by atoms with van der Waals surface area (Å²) in [5.41, 5.74) is 3.94. The fourth-order valence-corrected chi connectivity index (χ4v) is 5.69. The largest absolute Gasteiger partial charge is 0.493 e. The lowest BCUT2D eigenvalue weighted by molar-refractivity contribution is -0.113. The summed E-state index contributed by atoms with van der Waals surface area (Å²) < 4.78 is 12.9. The second-order valence-electron chi connectivity index (χ2n) is 8.02. The highest BCUT2D eigenvalue weighted by Crippen LogP contribution is 2.39. The van der Waals surface area contributed by atoms with Crippen LogP contribution in [0.3, 0.4) is 0 Å². The molecule has 3 aromatic carbocycles. The summed E-state index contributed by atoms with van der Waals surface area (Å²) in [6, 6.07) is 21.0. The number of amides is 1. The van der Waals surface area contributed by atoms with Crippen LogP contribution in [0.15, 0.2) is 65.6 Å². The van der Waals surface area contributed by atoms with Crippen molar-refractivity contribution >= 4 is 74.2 Å². The molecule has 1 aliphatic rings. The fourth-order valence-electron chi connectivity index (χ4n) is 3.61. The molecule has 0 unspecified atom stereocenters. The summed E-state index contributed by atoms with van der Waals surface area (Å²) in [6.07, 6.45) is 1.81. The molecule has 0 bridgehead atoms. The van der Waals surface area contributed by atoms with Crippen molar-refractivity contribution in [3.63, 3.8) is 0 Å². The van der Waals surface area contributed by atoms with Crippen molar-refractivity contribution in [2.45, 2.75) is 6.61 Å². The molecule has 4 rings (SSSR count). The first-order valence-electron chi connectivity index (χ1n) is 10.9. The third kappa shape index (κ3) is 5.51. The lowest BCUT2D eigenvalue weighted by Crippen LogP contribution is -2.27. The zero-order valence-corrected chi connectivity index (χ0v) is 23.6. The number of carbonyl (C=O) groups excluding carboxylic acids is 1. The minimum atomic E-state index is -0.162. The van der Waals surface area contributed by atoms with Crippen LogP contribution in [0.25, 0.3) is 6.08 Å². The summed E-state index contributed by atoms with van der Waals surface area (Å²) in [6.45, 7) is 0.237. The Morgan fingerprint density at radius 2 is 1.89 bits per heavy atom. The van der Waals surface area contributed by atoms with E-state index in [4.69, 9.17) is 21.7 Å². The highest BCUT2D eigenvalue weighted by atomic mass is 127. The van der Waals surface area contributed by atoms with Gasteiger partial charge in [-0.3, -0.25) is 9.69 Å². The Labute approximate surface area is 233 Å². The van der Waals surface area contributed by atoms with Gasteiger partial charge in [0.15, 0.2) is 15.8 Å². The number of hydrogen-bond acceptors (Lipinski definition) is 7. The number of halogens is 1. The van der Waals surface area contributed by atoms with Gasteiger partial charge in [0.2, 0.25) is 0 Å². The van der Waals surface area contributed by atoms with E-state index in [-0.39, 0.29) is 12.5 Å². The van der Waals surface area contributed by atoms with Crippen LogP contribution in [0.4, 0.5) is 11.4 Å². The minimum absolute atomic E-state index is 0.162. The number of nitrogens with zero attached hydrogens (tertiary/aromatic N) is 3. The SMILES string of the molecule is COc1cc(/C=C2/SC(=S)N(c3ccc(N(C)C)cc3)C2=O)cc(I)c1OCc1ccccc1C#N. The summed E-state index contributed by atoms with van der Waals surface area (Å²) in [5, 5.41) is 9.33. The maximum atomic E-state index is 13.2. The van der Waals surface area contributed by atoms with Gasteiger partial charge < -0.3 is 14.4 Å². The van der Waals surface area contributed by atoms with Crippen molar-refractivity contribution < 1.29 is 14.3 Å². The van der Waals surface area contributed by atoms with Crippen molar-refractivity contribution in [2.24, 2.45) is 0 Å². The van der Waals surface area contributed by atoms with E-state index in [1.54, 1.807) is 18.1 Å². The van der Waals surface area contributed by atoms with Gasteiger partial charge in [-0.05, 0) is 76.7 Å². The zero-order chi connectivity index (χ0) is 25.8. The van der Waals surface area contributed by atoms with Gasteiger partial charge in [0.05, 0.1) is 32.9 Å². The Morgan fingerprint density at radius 3 is 2.56 bits per heavy atom. The third-order valence-electron chi connectivity index (χ3n) is 5.48. The minimum Gasteiger partial charge on any atom is -0.493 e. The summed E-state index contributed by atoms with van der Waals surface area (Å²) in [5.74, 6) is 0.957. The molecule has 36 heavy (non-hydrogen) atoms. The molecule has 0 radical (unpaired) electrons. The number of anilines is 2.